The molecule has 1 fully saturated rings. The monoisotopic (exact) mass is 298 g/mol. The minimum atomic E-state index is 0.109. The Bertz CT molecular complexity index is 420. The molecule has 0 aromatic carbocycles. The Balaban J connectivity index is 1.84. The lowest BCUT2D eigenvalue weighted by molar-refractivity contribution is 0.124. The molecule has 2 rings (SSSR count). The normalized spacial score (nSPS) is 23.4. The van der Waals surface area contributed by atoms with Gasteiger partial charge in [-0.2, -0.15) is 0 Å². The molecule has 0 amide bonds. The third-order valence-corrected chi connectivity index (χ3v) is 5.14. The smallest absolute Gasteiger partial charge is 0.0982 e. The van der Waals surface area contributed by atoms with Gasteiger partial charge in [0.25, 0.3) is 0 Å². The van der Waals surface area contributed by atoms with Crippen LogP contribution >= 0.6 is 11.3 Å². The summed E-state index contributed by atoms with van der Waals surface area (Å²) >= 11 is 1.73. The van der Waals surface area contributed by atoms with E-state index < -0.39 is 0 Å². The SMILES string of the molecule is CC(C)(C)c1nc(CNCC2(CCO)CCOC2)cs1. The molecule has 1 aromatic heterocycles. The van der Waals surface area contributed by atoms with Gasteiger partial charge in [0, 0.05) is 42.5 Å². The lowest BCUT2D eigenvalue weighted by Gasteiger charge is -2.26. The number of hydrogen-bond acceptors (Lipinski definition) is 5. The van der Waals surface area contributed by atoms with Crippen molar-refractivity contribution in [1.82, 2.24) is 10.3 Å². The first-order valence-corrected chi connectivity index (χ1v) is 8.17. The second-order valence-corrected chi connectivity index (χ2v) is 7.63. The van der Waals surface area contributed by atoms with Gasteiger partial charge in [-0.15, -0.1) is 11.3 Å². The molecule has 0 bridgehead atoms. The van der Waals surface area contributed by atoms with Gasteiger partial charge >= 0.3 is 0 Å². The molecule has 1 atom stereocenters. The minimum absolute atomic E-state index is 0.109. The summed E-state index contributed by atoms with van der Waals surface area (Å²) in [5, 5.41) is 16.0. The average molecular weight is 298 g/mol. The van der Waals surface area contributed by atoms with Crippen LogP contribution in [0.4, 0.5) is 0 Å². The van der Waals surface area contributed by atoms with Crippen molar-refractivity contribution < 1.29 is 9.84 Å². The molecule has 5 heteroatoms. The third kappa shape index (κ3) is 4.01. The summed E-state index contributed by atoms with van der Waals surface area (Å²) in [5.74, 6) is 0. The summed E-state index contributed by atoms with van der Waals surface area (Å²) < 4.78 is 5.50. The molecule has 2 N–H and O–H groups in total. The van der Waals surface area contributed by atoms with Gasteiger partial charge in [-0.3, -0.25) is 0 Å². The van der Waals surface area contributed by atoms with E-state index in [4.69, 9.17) is 4.74 Å². The van der Waals surface area contributed by atoms with E-state index in [0.717, 1.165) is 44.8 Å². The van der Waals surface area contributed by atoms with Crippen LogP contribution in [0.1, 0.15) is 44.3 Å². The van der Waals surface area contributed by atoms with Crippen LogP contribution in [0.15, 0.2) is 5.38 Å². The topological polar surface area (TPSA) is 54.4 Å². The number of aromatic nitrogens is 1. The van der Waals surface area contributed by atoms with Gasteiger partial charge in [-0.25, -0.2) is 4.98 Å². The molecule has 0 aliphatic carbocycles. The summed E-state index contributed by atoms with van der Waals surface area (Å²) in [6, 6.07) is 0. The van der Waals surface area contributed by atoms with E-state index in [0.29, 0.717) is 0 Å². The summed E-state index contributed by atoms with van der Waals surface area (Å²) in [7, 11) is 0. The van der Waals surface area contributed by atoms with Crippen LogP contribution < -0.4 is 5.32 Å². The summed E-state index contributed by atoms with van der Waals surface area (Å²) in [6.45, 7) is 10.0. The number of hydrogen-bond donors (Lipinski definition) is 2. The lowest BCUT2D eigenvalue weighted by atomic mass is 9.84. The van der Waals surface area contributed by atoms with Gasteiger partial charge in [-0.05, 0) is 12.8 Å². The fraction of sp³-hybridized carbons (Fsp3) is 0.800. The second-order valence-electron chi connectivity index (χ2n) is 6.77. The summed E-state index contributed by atoms with van der Waals surface area (Å²) in [6.07, 6.45) is 1.84. The zero-order valence-corrected chi connectivity index (χ0v) is 13.6. The van der Waals surface area contributed by atoms with E-state index in [1.807, 2.05) is 0 Å². The van der Waals surface area contributed by atoms with Crippen molar-refractivity contribution in [2.24, 2.45) is 5.41 Å². The van der Waals surface area contributed by atoms with Crippen molar-refractivity contribution in [3.63, 3.8) is 0 Å². The van der Waals surface area contributed by atoms with Crippen LogP contribution in [-0.2, 0) is 16.7 Å². The molecule has 114 valence electrons. The van der Waals surface area contributed by atoms with Crippen LogP contribution in [0.25, 0.3) is 0 Å². The standard InChI is InChI=1S/C15H26N2O2S/c1-14(2,3)13-17-12(9-20-13)8-16-10-15(4-6-18)5-7-19-11-15/h9,16,18H,4-8,10-11H2,1-3H3. The zero-order chi connectivity index (χ0) is 14.6. The Morgan fingerprint density at radius 2 is 2.30 bits per heavy atom. The highest BCUT2D eigenvalue weighted by Gasteiger charge is 2.33. The zero-order valence-electron chi connectivity index (χ0n) is 12.7. The second kappa shape index (κ2) is 6.52. The molecule has 1 aliphatic heterocycles. The molecule has 1 aromatic rings. The fourth-order valence-electron chi connectivity index (χ4n) is 2.50. The van der Waals surface area contributed by atoms with Gasteiger partial charge in [-0.1, -0.05) is 20.8 Å². The van der Waals surface area contributed by atoms with Gasteiger partial charge in [0.2, 0.25) is 0 Å². The Kier molecular flexibility index (Phi) is 5.18. The van der Waals surface area contributed by atoms with Crippen LogP contribution in [0.2, 0.25) is 0 Å². The molecule has 0 saturated carbocycles. The maximum absolute atomic E-state index is 9.21. The van der Waals surface area contributed by atoms with E-state index in [1.165, 1.54) is 5.01 Å². The maximum Gasteiger partial charge on any atom is 0.0982 e. The predicted molar refractivity (Wildman–Crippen MR) is 82.1 cm³/mol. The maximum atomic E-state index is 9.21. The van der Waals surface area contributed by atoms with Gasteiger partial charge in [0.1, 0.15) is 0 Å². The molecule has 0 radical (unpaired) electrons. The Morgan fingerprint density at radius 3 is 2.85 bits per heavy atom. The molecule has 0 spiro atoms. The van der Waals surface area contributed by atoms with Crippen LogP contribution in [0, 0.1) is 5.41 Å². The number of aliphatic hydroxyl groups is 1. The van der Waals surface area contributed by atoms with Crippen LogP contribution in [-0.4, -0.2) is 36.5 Å². The van der Waals surface area contributed by atoms with Gasteiger partial charge in [0.15, 0.2) is 0 Å². The van der Waals surface area contributed by atoms with E-state index in [9.17, 15) is 5.11 Å². The third-order valence-electron chi connectivity index (χ3n) is 3.83. The highest BCUT2D eigenvalue weighted by atomic mass is 32.1. The van der Waals surface area contributed by atoms with Gasteiger partial charge in [0.05, 0.1) is 17.3 Å². The first-order valence-electron chi connectivity index (χ1n) is 7.29. The molecule has 20 heavy (non-hydrogen) atoms. The molecule has 2 heterocycles. The molecule has 4 nitrogen and oxygen atoms in total. The van der Waals surface area contributed by atoms with Crippen molar-refractivity contribution in [1.29, 1.82) is 0 Å². The van der Waals surface area contributed by atoms with Crippen molar-refractivity contribution in [2.75, 3.05) is 26.4 Å². The van der Waals surface area contributed by atoms with Crippen molar-refractivity contribution in [2.45, 2.75) is 45.6 Å². The molecule has 1 saturated heterocycles. The van der Waals surface area contributed by atoms with Crippen molar-refractivity contribution in [3.05, 3.63) is 16.1 Å². The first-order chi connectivity index (χ1) is 9.45. The minimum Gasteiger partial charge on any atom is -0.396 e. The van der Waals surface area contributed by atoms with E-state index >= 15 is 0 Å². The summed E-state index contributed by atoms with van der Waals surface area (Å²) in [4.78, 5) is 4.69. The Morgan fingerprint density at radius 1 is 1.50 bits per heavy atom. The predicted octanol–water partition coefficient (Wildman–Crippen LogP) is 2.32. The number of rotatable bonds is 6. The molecule has 1 unspecified atom stereocenters. The molecular formula is C15H26N2O2S. The lowest BCUT2D eigenvalue weighted by Crippen LogP contribution is -2.35. The van der Waals surface area contributed by atoms with Crippen molar-refractivity contribution >= 4 is 11.3 Å². The first kappa shape index (κ1) is 15.9. The quantitative estimate of drug-likeness (QED) is 0.846. The number of nitrogens with zero attached hydrogens (tertiary/aromatic N) is 1. The van der Waals surface area contributed by atoms with E-state index in [2.05, 4.69) is 36.5 Å². The highest BCUT2D eigenvalue weighted by Crippen LogP contribution is 2.31. The average Bonchev–Trinajstić information content (AvgIpc) is 2.99. The molecular weight excluding hydrogens is 272 g/mol. The summed E-state index contributed by atoms with van der Waals surface area (Å²) in [5.41, 5.74) is 1.34. The Labute approximate surface area is 125 Å². The number of thiazole rings is 1. The molecule has 1 aliphatic rings. The number of nitrogens with one attached hydrogen (secondary N) is 1. The highest BCUT2D eigenvalue weighted by molar-refractivity contribution is 7.09. The van der Waals surface area contributed by atoms with Crippen molar-refractivity contribution in [3.8, 4) is 0 Å². The van der Waals surface area contributed by atoms with Crippen LogP contribution in [0.3, 0.4) is 0 Å². The van der Waals surface area contributed by atoms with Crippen LogP contribution in [0.5, 0.6) is 0 Å². The van der Waals surface area contributed by atoms with E-state index in [-0.39, 0.29) is 17.4 Å². The Hall–Kier alpha value is -0.490. The fourth-order valence-corrected chi connectivity index (χ4v) is 3.41. The number of aliphatic hydroxyl groups excluding tert-OH is 1. The van der Waals surface area contributed by atoms with Gasteiger partial charge < -0.3 is 15.2 Å². The largest absolute Gasteiger partial charge is 0.396 e. The van der Waals surface area contributed by atoms with E-state index in [1.54, 1.807) is 11.3 Å². The number of ether oxygens (including phenoxy) is 1.